The van der Waals surface area contributed by atoms with Gasteiger partial charge in [-0.25, -0.2) is 4.68 Å². The number of aromatic nitrogens is 3. The second kappa shape index (κ2) is 4.78. The molecule has 0 N–H and O–H groups in total. The highest BCUT2D eigenvalue weighted by atomic mass is 35.5. The Morgan fingerprint density at radius 3 is 2.79 bits per heavy atom. The first-order valence-corrected chi connectivity index (χ1v) is 6.76. The van der Waals surface area contributed by atoms with Crippen LogP contribution in [-0.4, -0.2) is 21.3 Å². The predicted molar refractivity (Wildman–Crippen MR) is 73.1 cm³/mol. The molecule has 0 unspecified atom stereocenters. The summed E-state index contributed by atoms with van der Waals surface area (Å²) in [6.07, 6.45) is 4.19. The van der Waals surface area contributed by atoms with Gasteiger partial charge >= 0.3 is 0 Å². The van der Waals surface area contributed by atoms with Crippen molar-refractivity contribution >= 4 is 17.9 Å². The van der Waals surface area contributed by atoms with Gasteiger partial charge < -0.3 is 0 Å². The lowest BCUT2D eigenvalue weighted by Gasteiger charge is -2.26. The summed E-state index contributed by atoms with van der Waals surface area (Å²) in [5.41, 5.74) is 3.35. The van der Waals surface area contributed by atoms with Gasteiger partial charge in [-0.15, -0.1) is 5.10 Å². The minimum absolute atomic E-state index is 0.394. The van der Waals surface area contributed by atoms with Crippen LogP contribution in [0, 0.1) is 6.92 Å². The second-order valence-electron chi connectivity index (χ2n) is 4.95. The molecule has 0 amide bonds. The van der Waals surface area contributed by atoms with Gasteiger partial charge in [0.15, 0.2) is 6.29 Å². The molecule has 1 heterocycles. The molecule has 0 atom stereocenters. The molecule has 0 spiro atoms. The molecule has 1 aliphatic rings. The average Bonchev–Trinajstić information content (AvgIpc) is 2.71. The van der Waals surface area contributed by atoms with Gasteiger partial charge in [0, 0.05) is 10.9 Å². The third-order valence-corrected chi connectivity index (χ3v) is 3.96. The van der Waals surface area contributed by atoms with Crippen molar-refractivity contribution in [3.63, 3.8) is 0 Å². The Balaban J connectivity index is 2.13. The molecule has 1 aliphatic carbocycles. The van der Waals surface area contributed by atoms with E-state index in [0.717, 1.165) is 36.1 Å². The lowest BCUT2D eigenvalue weighted by molar-refractivity contribution is 0.111. The number of aldehydes is 1. The van der Waals surface area contributed by atoms with Crippen molar-refractivity contribution in [1.29, 1.82) is 0 Å². The molecule has 1 aromatic heterocycles. The van der Waals surface area contributed by atoms with Crippen LogP contribution in [0.1, 0.15) is 46.9 Å². The predicted octanol–water partition coefficient (Wildman–Crippen LogP) is 3.31. The molecule has 0 radical (unpaired) electrons. The zero-order chi connectivity index (χ0) is 13.4. The lowest BCUT2D eigenvalue weighted by atomic mass is 9.82. The molecule has 5 heteroatoms. The van der Waals surface area contributed by atoms with Crippen molar-refractivity contribution in [1.82, 2.24) is 15.0 Å². The summed E-state index contributed by atoms with van der Waals surface area (Å²) in [5, 5.41) is 8.83. The van der Waals surface area contributed by atoms with Gasteiger partial charge in [-0.1, -0.05) is 23.2 Å². The first-order valence-electron chi connectivity index (χ1n) is 6.38. The van der Waals surface area contributed by atoms with Crippen LogP contribution >= 0.6 is 11.6 Å². The fourth-order valence-electron chi connectivity index (χ4n) is 2.48. The van der Waals surface area contributed by atoms with Crippen molar-refractivity contribution in [2.45, 2.75) is 32.1 Å². The van der Waals surface area contributed by atoms with Gasteiger partial charge in [0.2, 0.25) is 0 Å². The molecular weight excluding hydrogens is 262 g/mol. The molecule has 98 valence electrons. The minimum atomic E-state index is 0.394. The van der Waals surface area contributed by atoms with Crippen LogP contribution in [0.3, 0.4) is 0 Å². The Labute approximate surface area is 116 Å². The number of benzene rings is 1. The van der Waals surface area contributed by atoms with Gasteiger partial charge in [0.25, 0.3) is 0 Å². The molecule has 3 rings (SSSR count). The zero-order valence-electron chi connectivity index (χ0n) is 10.6. The zero-order valence-corrected chi connectivity index (χ0v) is 11.4. The smallest absolute Gasteiger partial charge is 0.172 e. The summed E-state index contributed by atoms with van der Waals surface area (Å²) < 4.78 is 1.79. The van der Waals surface area contributed by atoms with Crippen LogP contribution in [0.4, 0.5) is 0 Å². The maximum absolute atomic E-state index is 11.1. The Morgan fingerprint density at radius 1 is 1.42 bits per heavy atom. The van der Waals surface area contributed by atoms with Crippen LogP contribution in [0.2, 0.25) is 5.02 Å². The number of nitrogens with zero attached hydrogens (tertiary/aromatic N) is 3. The lowest BCUT2D eigenvalue weighted by Crippen LogP contribution is -2.16. The molecule has 4 nitrogen and oxygen atoms in total. The minimum Gasteiger partial charge on any atom is -0.296 e. The summed E-state index contributed by atoms with van der Waals surface area (Å²) >= 11 is 5.98. The van der Waals surface area contributed by atoms with E-state index in [1.165, 1.54) is 6.42 Å². The maximum atomic E-state index is 11.1. The number of aryl methyl sites for hydroxylation is 1. The van der Waals surface area contributed by atoms with Crippen molar-refractivity contribution in [3.05, 3.63) is 40.2 Å². The largest absolute Gasteiger partial charge is 0.296 e. The summed E-state index contributed by atoms with van der Waals surface area (Å²) in [6.45, 7) is 1.98. The third kappa shape index (κ3) is 2.06. The summed E-state index contributed by atoms with van der Waals surface area (Å²) in [5.74, 6) is 0.394. The number of halogens is 1. The Bertz CT molecular complexity index is 632. The third-order valence-electron chi connectivity index (χ3n) is 3.72. The van der Waals surface area contributed by atoms with E-state index in [4.69, 9.17) is 11.6 Å². The molecule has 1 saturated carbocycles. The van der Waals surface area contributed by atoms with E-state index in [0.29, 0.717) is 16.6 Å². The first-order chi connectivity index (χ1) is 9.20. The molecule has 0 aliphatic heterocycles. The number of hydrogen-bond acceptors (Lipinski definition) is 3. The van der Waals surface area contributed by atoms with Crippen LogP contribution in [0.25, 0.3) is 5.69 Å². The van der Waals surface area contributed by atoms with E-state index >= 15 is 0 Å². The van der Waals surface area contributed by atoms with Crippen molar-refractivity contribution in [2.75, 3.05) is 0 Å². The highest BCUT2D eigenvalue weighted by Gasteiger charge is 2.28. The molecule has 1 fully saturated rings. The summed E-state index contributed by atoms with van der Waals surface area (Å²) in [6, 6.07) is 5.64. The SMILES string of the molecule is Cc1cc(Cl)ccc1-n1nnc(C=O)c1C1CCC1. The van der Waals surface area contributed by atoms with Crippen molar-refractivity contribution in [2.24, 2.45) is 0 Å². The highest BCUT2D eigenvalue weighted by Crippen LogP contribution is 2.38. The fraction of sp³-hybridized carbons (Fsp3) is 0.357. The van der Waals surface area contributed by atoms with Crippen LogP contribution in [-0.2, 0) is 0 Å². The van der Waals surface area contributed by atoms with Gasteiger partial charge in [0.05, 0.1) is 11.4 Å². The second-order valence-corrected chi connectivity index (χ2v) is 5.38. The van der Waals surface area contributed by atoms with E-state index < -0.39 is 0 Å². The van der Waals surface area contributed by atoms with E-state index in [1.807, 2.05) is 25.1 Å². The van der Waals surface area contributed by atoms with Crippen LogP contribution in [0.5, 0.6) is 0 Å². The molecule has 19 heavy (non-hydrogen) atoms. The van der Waals surface area contributed by atoms with E-state index in [-0.39, 0.29) is 0 Å². The van der Waals surface area contributed by atoms with Crippen molar-refractivity contribution in [3.8, 4) is 5.69 Å². The quantitative estimate of drug-likeness (QED) is 0.808. The van der Waals surface area contributed by atoms with E-state index in [1.54, 1.807) is 4.68 Å². The molecule has 1 aromatic carbocycles. The van der Waals surface area contributed by atoms with Crippen LogP contribution < -0.4 is 0 Å². The van der Waals surface area contributed by atoms with E-state index in [9.17, 15) is 4.79 Å². The number of carbonyl (C=O) groups excluding carboxylic acids is 1. The normalized spacial score (nSPS) is 15.3. The summed E-state index contributed by atoms with van der Waals surface area (Å²) in [7, 11) is 0. The fourth-order valence-corrected chi connectivity index (χ4v) is 2.71. The first kappa shape index (κ1) is 12.4. The Morgan fingerprint density at radius 2 is 2.21 bits per heavy atom. The molecule has 0 saturated heterocycles. The molecular formula is C14H14ClN3O. The molecule has 0 bridgehead atoms. The van der Waals surface area contributed by atoms with Gasteiger partial charge in [-0.3, -0.25) is 4.79 Å². The van der Waals surface area contributed by atoms with E-state index in [2.05, 4.69) is 10.3 Å². The van der Waals surface area contributed by atoms with Crippen molar-refractivity contribution < 1.29 is 4.79 Å². The maximum Gasteiger partial charge on any atom is 0.172 e. The standard InChI is InChI=1S/C14H14ClN3O/c1-9-7-11(15)5-6-13(9)18-14(10-3-2-4-10)12(8-19)16-17-18/h5-8,10H,2-4H2,1H3. The topological polar surface area (TPSA) is 47.8 Å². The van der Waals surface area contributed by atoms with Gasteiger partial charge in [0.1, 0.15) is 5.69 Å². The monoisotopic (exact) mass is 275 g/mol. The Hall–Kier alpha value is -1.68. The molecule has 2 aromatic rings. The summed E-state index contributed by atoms with van der Waals surface area (Å²) in [4.78, 5) is 11.1. The average molecular weight is 276 g/mol. The Kier molecular flexibility index (Phi) is 3.11. The number of carbonyl (C=O) groups is 1. The highest BCUT2D eigenvalue weighted by molar-refractivity contribution is 6.30. The number of hydrogen-bond donors (Lipinski definition) is 0. The van der Waals surface area contributed by atoms with Gasteiger partial charge in [-0.05, 0) is 43.5 Å². The van der Waals surface area contributed by atoms with Gasteiger partial charge in [-0.2, -0.15) is 0 Å². The number of rotatable bonds is 3. The van der Waals surface area contributed by atoms with Crippen LogP contribution in [0.15, 0.2) is 18.2 Å².